The summed E-state index contributed by atoms with van der Waals surface area (Å²) in [6.07, 6.45) is -3.35. The number of carbonyl (C=O) groups is 2. The Morgan fingerprint density at radius 1 is 1.22 bits per heavy atom. The first-order chi connectivity index (χ1) is 12.7. The van der Waals surface area contributed by atoms with Gasteiger partial charge < -0.3 is 15.0 Å². The zero-order valence-electron chi connectivity index (χ0n) is 13.1. The predicted octanol–water partition coefficient (Wildman–Crippen LogP) is 3.05. The van der Waals surface area contributed by atoms with Crippen LogP contribution in [0, 0.1) is 0 Å². The summed E-state index contributed by atoms with van der Waals surface area (Å²) in [4.78, 5) is 28.0. The molecule has 8 nitrogen and oxygen atoms in total. The van der Waals surface area contributed by atoms with Crippen molar-refractivity contribution in [1.29, 1.82) is 0 Å². The van der Waals surface area contributed by atoms with Crippen molar-refractivity contribution in [3.8, 4) is 16.5 Å². The third-order valence-corrected chi connectivity index (χ3v) is 3.93. The normalized spacial score (nSPS) is 11.2. The minimum atomic E-state index is -4.84. The van der Waals surface area contributed by atoms with Crippen molar-refractivity contribution in [3.05, 3.63) is 47.0 Å². The van der Waals surface area contributed by atoms with Crippen LogP contribution in [0.2, 0.25) is 0 Å². The number of carbonyl (C=O) groups excluding carboxylic acids is 2. The molecule has 0 saturated carbocycles. The molecule has 2 aromatic heterocycles. The number of rotatable bonds is 5. The highest BCUT2D eigenvalue weighted by molar-refractivity contribution is 7.13. The molecular formula is C15H9F3N4O4S. The van der Waals surface area contributed by atoms with Gasteiger partial charge in [0.25, 0.3) is 11.8 Å². The highest BCUT2D eigenvalue weighted by Crippen LogP contribution is 2.30. The quantitative estimate of drug-likeness (QED) is 0.682. The van der Waals surface area contributed by atoms with Gasteiger partial charge in [-0.05, 0) is 24.3 Å². The zero-order valence-corrected chi connectivity index (χ0v) is 13.9. The average molecular weight is 398 g/mol. The standard InChI is InChI=1S/C15H9F3N4O4S/c16-15(17,18)25-8-3-1-7(2-4-8)12(24)21-13-9(11(19)23)10(22-26-13)14-20-5-6-27-14/h1-6H,(H2,19,23)(H,21,24). The molecule has 0 bridgehead atoms. The van der Waals surface area contributed by atoms with E-state index in [-0.39, 0.29) is 22.7 Å². The molecule has 1 aromatic carbocycles. The molecule has 140 valence electrons. The van der Waals surface area contributed by atoms with Crippen LogP contribution in [0.1, 0.15) is 20.7 Å². The Morgan fingerprint density at radius 2 is 1.93 bits per heavy atom. The third kappa shape index (κ3) is 4.23. The van der Waals surface area contributed by atoms with Gasteiger partial charge >= 0.3 is 6.36 Å². The maximum absolute atomic E-state index is 12.3. The van der Waals surface area contributed by atoms with E-state index in [0.29, 0.717) is 5.01 Å². The second-order valence-corrected chi connectivity index (χ2v) is 5.86. The second kappa shape index (κ2) is 7.07. The molecule has 2 heterocycles. The van der Waals surface area contributed by atoms with Gasteiger partial charge in [0.2, 0.25) is 5.88 Å². The molecule has 0 fully saturated rings. The first-order valence-electron chi connectivity index (χ1n) is 7.11. The number of thiazole rings is 1. The van der Waals surface area contributed by atoms with Crippen molar-refractivity contribution >= 4 is 29.0 Å². The topological polar surface area (TPSA) is 120 Å². The third-order valence-electron chi connectivity index (χ3n) is 3.15. The fraction of sp³-hybridized carbons (Fsp3) is 0.0667. The van der Waals surface area contributed by atoms with E-state index in [1.165, 1.54) is 17.5 Å². The summed E-state index contributed by atoms with van der Waals surface area (Å²) in [5.41, 5.74) is 5.22. The van der Waals surface area contributed by atoms with Crippen molar-refractivity contribution in [2.75, 3.05) is 5.32 Å². The van der Waals surface area contributed by atoms with Crippen LogP contribution in [0.5, 0.6) is 5.75 Å². The zero-order chi connectivity index (χ0) is 19.6. The molecule has 12 heteroatoms. The first-order valence-corrected chi connectivity index (χ1v) is 7.99. The fourth-order valence-electron chi connectivity index (χ4n) is 2.07. The minimum Gasteiger partial charge on any atom is -0.406 e. The number of nitrogens with zero attached hydrogens (tertiary/aromatic N) is 2. The van der Waals surface area contributed by atoms with Crippen LogP contribution in [0.3, 0.4) is 0 Å². The van der Waals surface area contributed by atoms with Gasteiger partial charge in [-0.3, -0.25) is 14.9 Å². The second-order valence-electron chi connectivity index (χ2n) is 4.96. The molecule has 0 aliphatic heterocycles. The minimum absolute atomic E-state index is 0.00727. The number of ether oxygens (including phenoxy) is 1. The summed E-state index contributed by atoms with van der Waals surface area (Å²) >= 11 is 1.18. The van der Waals surface area contributed by atoms with Crippen LogP contribution in [-0.2, 0) is 0 Å². The number of hydrogen-bond acceptors (Lipinski definition) is 7. The molecule has 27 heavy (non-hydrogen) atoms. The van der Waals surface area contributed by atoms with Crippen LogP contribution in [-0.4, -0.2) is 28.3 Å². The Labute approximate surface area is 152 Å². The summed E-state index contributed by atoms with van der Waals surface area (Å²) in [6.45, 7) is 0. The smallest absolute Gasteiger partial charge is 0.406 e. The predicted molar refractivity (Wildman–Crippen MR) is 87.2 cm³/mol. The Kier molecular flexibility index (Phi) is 4.81. The van der Waals surface area contributed by atoms with E-state index in [1.54, 1.807) is 5.38 Å². The molecule has 0 aliphatic carbocycles. The van der Waals surface area contributed by atoms with Gasteiger partial charge in [0.1, 0.15) is 16.3 Å². The number of nitrogens with one attached hydrogen (secondary N) is 1. The van der Waals surface area contributed by atoms with E-state index < -0.39 is 23.9 Å². The fourth-order valence-corrected chi connectivity index (χ4v) is 2.70. The van der Waals surface area contributed by atoms with Crippen LogP contribution in [0.4, 0.5) is 19.1 Å². The average Bonchev–Trinajstić information content (AvgIpc) is 3.22. The Balaban J connectivity index is 1.81. The van der Waals surface area contributed by atoms with Gasteiger partial charge in [0, 0.05) is 17.1 Å². The highest BCUT2D eigenvalue weighted by Gasteiger charge is 2.31. The maximum Gasteiger partial charge on any atom is 0.573 e. The summed E-state index contributed by atoms with van der Waals surface area (Å²) in [7, 11) is 0. The maximum atomic E-state index is 12.3. The van der Waals surface area contributed by atoms with Gasteiger partial charge in [-0.25, -0.2) is 4.98 Å². The van der Waals surface area contributed by atoms with E-state index >= 15 is 0 Å². The SMILES string of the molecule is NC(=O)c1c(-c2nccs2)noc1NC(=O)c1ccc(OC(F)(F)F)cc1. The van der Waals surface area contributed by atoms with Crippen molar-refractivity contribution < 1.29 is 32.0 Å². The summed E-state index contributed by atoms with van der Waals surface area (Å²) < 4.78 is 45.2. The highest BCUT2D eigenvalue weighted by atomic mass is 32.1. The lowest BCUT2D eigenvalue weighted by Crippen LogP contribution is -2.18. The number of primary amides is 1. The van der Waals surface area contributed by atoms with Crippen LogP contribution < -0.4 is 15.8 Å². The summed E-state index contributed by atoms with van der Waals surface area (Å²) in [5, 5.41) is 8.01. The van der Waals surface area contributed by atoms with Crippen LogP contribution in [0.15, 0.2) is 40.4 Å². The van der Waals surface area contributed by atoms with E-state index in [2.05, 4.69) is 20.2 Å². The Morgan fingerprint density at radius 3 is 2.48 bits per heavy atom. The first kappa shape index (κ1) is 18.4. The van der Waals surface area contributed by atoms with Crippen molar-refractivity contribution in [2.24, 2.45) is 5.73 Å². The number of halogens is 3. The van der Waals surface area contributed by atoms with Gasteiger partial charge in [-0.1, -0.05) is 5.16 Å². The van der Waals surface area contributed by atoms with Gasteiger partial charge in [-0.2, -0.15) is 0 Å². The molecule has 0 unspecified atom stereocenters. The number of hydrogen-bond donors (Lipinski definition) is 2. The summed E-state index contributed by atoms with van der Waals surface area (Å²) in [6, 6.07) is 4.16. The molecule has 0 radical (unpaired) electrons. The molecule has 3 N–H and O–H groups in total. The largest absolute Gasteiger partial charge is 0.573 e. The number of alkyl halides is 3. The number of anilines is 1. The molecule has 0 aliphatic rings. The summed E-state index contributed by atoms with van der Waals surface area (Å²) in [5.74, 6) is -2.43. The number of nitrogens with two attached hydrogens (primary N) is 1. The molecule has 0 spiro atoms. The van der Waals surface area contributed by atoms with Crippen molar-refractivity contribution in [1.82, 2.24) is 10.1 Å². The molecule has 3 aromatic rings. The van der Waals surface area contributed by atoms with Crippen molar-refractivity contribution in [2.45, 2.75) is 6.36 Å². The Hall–Kier alpha value is -3.41. The van der Waals surface area contributed by atoms with Crippen LogP contribution in [0.25, 0.3) is 10.7 Å². The van der Waals surface area contributed by atoms with E-state index in [4.69, 9.17) is 10.3 Å². The monoisotopic (exact) mass is 398 g/mol. The van der Waals surface area contributed by atoms with Crippen LogP contribution >= 0.6 is 11.3 Å². The Bertz CT molecular complexity index is 968. The van der Waals surface area contributed by atoms with E-state index in [9.17, 15) is 22.8 Å². The lowest BCUT2D eigenvalue weighted by atomic mass is 10.2. The lowest BCUT2D eigenvalue weighted by molar-refractivity contribution is -0.274. The van der Waals surface area contributed by atoms with Gasteiger partial charge in [-0.15, -0.1) is 24.5 Å². The molecule has 2 amide bonds. The van der Waals surface area contributed by atoms with Crippen molar-refractivity contribution in [3.63, 3.8) is 0 Å². The lowest BCUT2D eigenvalue weighted by Gasteiger charge is -2.09. The number of amides is 2. The van der Waals surface area contributed by atoms with Gasteiger partial charge in [0.15, 0.2) is 5.69 Å². The number of aromatic nitrogens is 2. The molecule has 3 rings (SSSR count). The molecule has 0 atom stereocenters. The van der Waals surface area contributed by atoms with E-state index in [1.807, 2.05) is 0 Å². The van der Waals surface area contributed by atoms with Gasteiger partial charge in [0.05, 0.1) is 0 Å². The van der Waals surface area contributed by atoms with E-state index in [0.717, 1.165) is 24.3 Å². The molecular weight excluding hydrogens is 389 g/mol. The molecule has 0 saturated heterocycles. The number of benzene rings is 1.